The van der Waals surface area contributed by atoms with Gasteiger partial charge in [-0.25, -0.2) is 19.2 Å². The van der Waals surface area contributed by atoms with Gasteiger partial charge in [0.1, 0.15) is 35.1 Å². The molecule has 0 aliphatic heterocycles. The second-order valence-electron chi connectivity index (χ2n) is 11.2. The summed E-state index contributed by atoms with van der Waals surface area (Å²) in [4.78, 5) is 33.2. The molecule has 2 heterocycles. The number of nitrogens with two attached hydrogens (primary N) is 1. The number of carboxylic acids is 1. The number of hydrogen-bond acceptors (Lipinski definition) is 7. The van der Waals surface area contributed by atoms with Gasteiger partial charge in [0.25, 0.3) is 0 Å². The first-order valence-electron chi connectivity index (χ1n) is 14.9. The highest BCUT2D eigenvalue weighted by molar-refractivity contribution is 7.12. The van der Waals surface area contributed by atoms with Gasteiger partial charge in [-0.1, -0.05) is 19.3 Å². The fraction of sp³-hybridized carbons (Fsp3) is 0.294. The van der Waals surface area contributed by atoms with Crippen LogP contribution in [0.1, 0.15) is 71.4 Å². The third-order valence-corrected chi connectivity index (χ3v) is 9.15. The standard InChI is InChI=1S/C34H33FN4O5S/c1-20(32-31(21-7-12-24(35)13-8-21)38-30(45-32)19-43-18-29(36)40)44-26-14-9-22(10-15-26)33-37-27-17-23(34(41)42)11-16-28(27)39(33)25-5-3-2-4-6-25/h7-17,20,25H,2-6,18-19H2,1H3,(H2,36,40)(H,41,42). The van der Waals surface area contributed by atoms with E-state index in [0.29, 0.717) is 28.0 Å². The van der Waals surface area contributed by atoms with Crippen LogP contribution in [-0.4, -0.2) is 38.1 Å². The van der Waals surface area contributed by atoms with Gasteiger partial charge >= 0.3 is 5.97 Å². The van der Waals surface area contributed by atoms with Crippen LogP contribution in [0.3, 0.4) is 0 Å². The van der Waals surface area contributed by atoms with E-state index in [4.69, 9.17) is 25.2 Å². The van der Waals surface area contributed by atoms with E-state index in [9.17, 15) is 19.1 Å². The van der Waals surface area contributed by atoms with Gasteiger partial charge in [-0.15, -0.1) is 11.3 Å². The highest BCUT2D eigenvalue weighted by Gasteiger charge is 2.24. The first kappa shape index (κ1) is 30.4. The molecule has 6 rings (SSSR count). The van der Waals surface area contributed by atoms with Gasteiger partial charge < -0.3 is 24.9 Å². The number of ether oxygens (including phenoxy) is 2. The SMILES string of the molecule is CC(Oc1ccc(-c2nc3cc(C(=O)O)ccc3n2C2CCCCC2)cc1)c1sc(COCC(N)=O)nc1-c1ccc(F)cc1. The van der Waals surface area contributed by atoms with E-state index in [-0.39, 0.29) is 24.6 Å². The summed E-state index contributed by atoms with van der Waals surface area (Å²) in [5.74, 6) is -0.435. The van der Waals surface area contributed by atoms with Crippen molar-refractivity contribution in [2.24, 2.45) is 5.73 Å². The third kappa shape index (κ3) is 6.74. The number of primary amides is 1. The Balaban J connectivity index is 1.28. The number of carbonyl (C=O) groups is 2. The van der Waals surface area contributed by atoms with Crippen molar-refractivity contribution in [1.82, 2.24) is 14.5 Å². The topological polar surface area (TPSA) is 130 Å². The van der Waals surface area contributed by atoms with Gasteiger partial charge in [0, 0.05) is 17.2 Å². The molecule has 3 N–H and O–H groups in total. The molecule has 1 fully saturated rings. The molecule has 11 heteroatoms. The molecule has 1 atom stereocenters. The van der Waals surface area contributed by atoms with Gasteiger partial charge in [0.2, 0.25) is 5.91 Å². The van der Waals surface area contributed by atoms with Gasteiger partial charge in [0.05, 0.1) is 33.8 Å². The van der Waals surface area contributed by atoms with Crippen molar-refractivity contribution in [1.29, 1.82) is 0 Å². The first-order chi connectivity index (χ1) is 21.8. The summed E-state index contributed by atoms with van der Waals surface area (Å²) in [6, 6.07) is 19.3. The molecule has 2 aromatic heterocycles. The van der Waals surface area contributed by atoms with E-state index in [1.165, 1.54) is 29.9 Å². The Morgan fingerprint density at radius 2 is 1.73 bits per heavy atom. The van der Waals surface area contributed by atoms with Crippen molar-refractivity contribution in [3.8, 4) is 28.4 Å². The number of aromatic nitrogens is 3. The summed E-state index contributed by atoms with van der Waals surface area (Å²) in [5, 5.41) is 10.2. The molecular formula is C34H33FN4O5S. The first-order valence-corrected chi connectivity index (χ1v) is 15.7. The highest BCUT2D eigenvalue weighted by atomic mass is 32.1. The molecule has 1 aliphatic carbocycles. The monoisotopic (exact) mass is 628 g/mol. The molecule has 232 valence electrons. The summed E-state index contributed by atoms with van der Waals surface area (Å²) in [7, 11) is 0. The minimum Gasteiger partial charge on any atom is -0.485 e. The number of fused-ring (bicyclic) bond motifs is 1. The molecule has 45 heavy (non-hydrogen) atoms. The Labute approximate surface area is 263 Å². The zero-order valence-corrected chi connectivity index (χ0v) is 25.6. The lowest BCUT2D eigenvalue weighted by Gasteiger charge is -2.25. The van der Waals surface area contributed by atoms with E-state index in [0.717, 1.165) is 53.0 Å². The van der Waals surface area contributed by atoms with Gasteiger partial charge in [-0.3, -0.25) is 4.79 Å². The number of nitrogens with zero attached hydrogens (tertiary/aromatic N) is 3. The van der Waals surface area contributed by atoms with Crippen LogP contribution in [0.5, 0.6) is 5.75 Å². The number of carbonyl (C=O) groups excluding carboxylic acids is 1. The van der Waals surface area contributed by atoms with Crippen LogP contribution in [-0.2, 0) is 16.1 Å². The number of rotatable bonds is 11. The second kappa shape index (κ2) is 13.2. The molecule has 1 aliphatic rings. The van der Waals surface area contributed by atoms with Crippen LogP contribution < -0.4 is 10.5 Å². The van der Waals surface area contributed by atoms with Gasteiger partial charge in [0.15, 0.2) is 0 Å². The van der Waals surface area contributed by atoms with Crippen LogP contribution in [0.15, 0.2) is 66.7 Å². The Bertz CT molecular complexity index is 1830. The van der Waals surface area contributed by atoms with E-state index < -0.39 is 18.0 Å². The number of halogens is 1. The average molecular weight is 629 g/mol. The summed E-state index contributed by atoms with van der Waals surface area (Å²) >= 11 is 1.40. The van der Waals surface area contributed by atoms with E-state index in [1.54, 1.807) is 24.3 Å². The van der Waals surface area contributed by atoms with Crippen molar-refractivity contribution in [2.45, 2.75) is 57.8 Å². The normalized spacial score (nSPS) is 14.4. The maximum Gasteiger partial charge on any atom is 0.335 e. The predicted molar refractivity (Wildman–Crippen MR) is 170 cm³/mol. The summed E-state index contributed by atoms with van der Waals surface area (Å²) in [6.45, 7) is 1.82. The number of benzene rings is 3. The van der Waals surface area contributed by atoms with Crippen molar-refractivity contribution >= 4 is 34.2 Å². The Hall–Kier alpha value is -4.61. The van der Waals surface area contributed by atoms with E-state index in [1.807, 2.05) is 37.3 Å². The lowest BCUT2D eigenvalue weighted by molar-refractivity contribution is -0.122. The molecule has 0 bridgehead atoms. The van der Waals surface area contributed by atoms with Crippen molar-refractivity contribution in [3.63, 3.8) is 0 Å². The highest BCUT2D eigenvalue weighted by Crippen LogP contribution is 2.38. The quantitative estimate of drug-likeness (QED) is 0.157. The zero-order valence-electron chi connectivity index (χ0n) is 24.7. The number of amides is 1. The molecule has 1 unspecified atom stereocenters. The molecule has 0 spiro atoms. The summed E-state index contributed by atoms with van der Waals surface area (Å²) in [5.41, 5.74) is 9.32. The molecule has 5 aromatic rings. The predicted octanol–water partition coefficient (Wildman–Crippen LogP) is 7.31. The van der Waals surface area contributed by atoms with Gasteiger partial charge in [-0.2, -0.15) is 0 Å². The second-order valence-corrected chi connectivity index (χ2v) is 12.3. The molecular weight excluding hydrogens is 595 g/mol. The lowest BCUT2D eigenvalue weighted by Crippen LogP contribution is -2.17. The molecule has 1 amide bonds. The van der Waals surface area contributed by atoms with E-state index in [2.05, 4.69) is 4.57 Å². The fourth-order valence-electron chi connectivity index (χ4n) is 5.85. The number of hydrogen-bond donors (Lipinski definition) is 2. The van der Waals surface area contributed by atoms with Crippen molar-refractivity contribution in [2.75, 3.05) is 6.61 Å². The van der Waals surface area contributed by atoms with Crippen molar-refractivity contribution < 1.29 is 28.6 Å². The zero-order chi connectivity index (χ0) is 31.5. The Morgan fingerprint density at radius 3 is 2.42 bits per heavy atom. The van der Waals surface area contributed by atoms with Crippen LogP contribution in [0, 0.1) is 5.82 Å². The molecule has 0 saturated heterocycles. The number of thiazole rings is 1. The minimum absolute atomic E-state index is 0.110. The molecule has 9 nitrogen and oxygen atoms in total. The number of aromatic carboxylic acids is 1. The van der Waals surface area contributed by atoms with Crippen LogP contribution >= 0.6 is 11.3 Å². The van der Waals surface area contributed by atoms with E-state index >= 15 is 0 Å². The van der Waals surface area contributed by atoms with Crippen LogP contribution in [0.2, 0.25) is 0 Å². The molecule has 0 radical (unpaired) electrons. The molecule has 3 aromatic carbocycles. The Morgan fingerprint density at radius 1 is 1.02 bits per heavy atom. The maximum absolute atomic E-state index is 13.7. The minimum atomic E-state index is -0.977. The molecule has 1 saturated carbocycles. The third-order valence-electron chi connectivity index (χ3n) is 7.96. The Kier molecular flexibility index (Phi) is 8.90. The lowest BCUT2D eigenvalue weighted by atomic mass is 9.95. The number of imidazole rings is 1. The van der Waals surface area contributed by atoms with Crippen LogP contribution in [0.25, 0.3) is 33.7 Å². The summed E-state index contributed by atoms with van der Waals surface area (Å²) < 4.78 is 27.7. The number of carboxylic acid groups (broad SMARTS) is 1. The van der Waals surface area contributed by atoms with Crippen LogP contribution in [0.4, 0.5) is 4.39 Å². The van der Waals surface area contributed by atoms with Crippen molar-refractivity contribution in [3.05, 3.63) is 88.0 Å². The summed E-state index contributed by atoms with van der Waals surface area (Å²) in [6.07, 6.45) is 5.23. The smallest absolute Gasteiger partial charge is 0.335 e. The largest absolute Gasteiger partial charge is 0.485 e. The fourth-order valence-corrected chi connectivity index (χ4v) is 6.86. The maximum atomic E-state index is 13.7. The van der Waals surface area contributed by atoms with Gasteiger partial charge in [-0.05, 0) is 86.5 Å². The average Bonchev–Trinajstić information content (AvgIpc) is 3.64.